The average molecular weight is 366 g/mol. The number of amides is 1. The third-order valence-corrected chi connectivity index (χ3v) is 4.04. The number of ether oxygens (including phenoxy) is 2. The summed E-state index contributed by atoms with van der Waals surface area (Å²) in [6, 6.07) is 15.6. The van der Waals surface area contributed by atoms with E-state index in [1.807, 2.05) is 37.3 Å². The monoisotopic (exact) mass is 366 g/mol. The minimum Gasteiger partial charge on any atom is -0.481 e. The number of rotatable bonds is 7. The van der Waals surface area contributed by atoms with Crippen molar-refractivity contribution in [1.82, 2.24) is 5.32 Å². The lowest BCUT2D eigenvalue weighted by Gasteiger charge is -2.21. The van der Waals surface area contributed by atoms with Gasteiger partial charge in [0.25, 0.3) is 5.91 Å². The summed E-state index contributed by atoms with van der Waals surface area (Å²) in [4.78, 5) is 24.3. The summed E-state index contributed by atoms with van der Waals surface area (Å²) in [5.41, 5.74) is 2.33. The zero-order chi connectivity index (χ0) is 19.8. The van der Waals surface area contributed by atoms with Crippen LogP contribution < -0.4 is 10.1 Å². The van der Waals surface area contributed by atoms with Crippen LogP contribution in [-0.4, -0.2) is 25.1 Å². The van der Waals surface area contributed by atoms with Crippen LogP contribution >= 0.6 is 0 Å². The Hall–Kier alpha value is -3.33. The largest absolute Gasteiger partial charge is 0.481 e. The Balaban J connectivity index is 2.10. The third-order valence-electron chi connectivity index (χ3n) is 4.04. The van der Waals surface area contributed by atoms with Crippen LogP contribution in [-0.2, 0) is 14.3 Å². The molecule has 0 spiro atoms. The number of benzene rings is 2. The minimum absolute atomic E-state index is 0.0158. The second kappa shape index (κ2) is 9.39. The number of hydrogen-bond acceptors (Lipinski definition) is 5. The maximum absolute atomic E-state index is 12.6. The summed E-state index contributed by atoms with van der Waals surface area (Å²) >= 11 is 0. The molecule has 0 bridgehead atoms. The molecule has 0 saturated heterocycles. The van der Waals surface area contributed by atoms with Crippen molar-refractivity contribution in [2.45, 2.75) is 32.4 Å². The quantitative estimate of drug-likeness (QED) is 0.761. The Morgan fingerprint density at radius 2 is 1.89 bits per heavy atom. The topological polar surface area (TPSA) is 88.4 Å². The fraction of sp³-hybridized carbons (Fsp3) is 0.286. The van der Waals surface area contributed by atoms with Crippen molar-refractivity contribution in [2.24, 2.45) is 0 Å². The smallest absolute Gasteiger partial charge is 0.307 e. The molecule has 0 aliphatic carbocycles. The van der Waals surface area contributed by atoms with Crippen molar-refractivity contribution >= 4 is 11.9 Å². The molecule has 2 aromatic rings. The molecule has 0 aromatic heterocycles. The van der Waals surface area contributed by atoms with Gasteiger partial charge in [0.05, 0.1) is 31.2 Å². The lowest BCUT2D eigenvalue weighted by molar-refractivity contribution is -0.141. The van der Waals surface area contributed by atoms with E-state index in [0.717, 1.165) is 11.1 Å². The molecule has 0 saturated carbocycles. The van der Waals surface area contributed by atoms with Crippen LogP contribution in [0, 0.1) is 18.3 Å². The van der Waals surface area contributed by atoms with Crippen molar-refractivity contribution in [2.75, 3.05) is 7.11 Å². The summed E-state index contributed by atoms with van der Waals surface area (Å²) in [5.74, 6) is -0.362. The minimum atomic E-state index is -0.801. The second-order valence-electron chi connectivity index (χ2n) is 6.15. The zero-order valence-electron chi connectivity index (χ0n) is 15.6. The lowest BCUT2D eigenvalue weighted by atomic mass is 10.0. The predicted octanol–water partition coefficient (Wildman–Crippen LogP) is 3.05. The molecule has 0 radical (unpaired) electrons. The van der Waals surface area contributed by atoms with E-state index < -0.39 is 18.1 Å². The van der Waals surface area contributed by atoms with Crippen LogP contribution in [0.15, 0.2) is 48.5 Å². The molecule has 2 aromatic carbocycles. The molecule has 2 atom stereocenters. The number of nitriles is 1. The van der Waals surface area contributed by atoms with Gasteiger partial charge in [-0.1, -0.05) is 35.9 Å². The van der Waals surface area contributed by atoms with Crippen molar-refractivity contribution in [3.63, 3.8) is 0 Å². The first-order chi connectivity index (χ1) is 12.9. The number of nitrogens with one attached hydrogen (secondary N) is 1. The fourth-order valence-corrected chi connectivity index (χ4v) is 2.49. The first kappa shape index (κ1) is 20.0. The molecule has 2 rings (SSSR count). The van der Waals surface area contributed by atoms with Gasteiger partial charge < -0.3 is 14.8 Å². The number of carbonyl (C=O) groups excluding carboxylic acids is 2. The van der Waals surface area contributed by atoms with Crippen LogP contribution in [0.1, 0.15) is 36.1 Å². The molecule has 140 valence electrons. The third kappa shape index (κ3) is 5.86. The molecule has 1 N–H and O–H groups in total. The molecule has 1 amide bonds. The van der Waals surface area contributed by atoms with Gasteiger partial charge in [-0.05, 0) is 37.6 Å². The molecule has 0 aliphatic rings. The van der Waals surface area contributed by atoms with Crippen LogP contribution in [0.5, 0.6) is 5.75 Å². The van der Waals surface area contributed by atoms with Gasteiger partial charge >= 0.3 is 5.97 Å². The van der Waals surface area contributed by atoms with Crippen LogP contribution in [0.4, 0.5) is 0 Å². The number of nitrogens with zero attached hydrogens (tertiary/aromatic N) is 1. The lowest BCUT2D eigenvalue weighted by Crippen LogP contribution is -2.39. The molecule has 6 heteroatoms. The van der Waals surface area contributed by atoms with Crippen molar-refractivity contribution < 1.29 is 19.1 Å². The summed E-state index contributed by atoms with van der Waals surface area (Å²) in [6.07, 6.45) is -0.786. The Morgan fingerprint density at radius 3 is 2.52 bits per heavy atom. The number of esters is 1. The van der Waals surface area contributed by atoms with Gasteiger partial charge in [0.2, 0.25) is 0 Å². The van der Waals surface area contributed by atoms with E-state index in [1.165, 1.54) is 7.11 Å². The maximum atomic E-state index is 12.6. The highest BCUT2D eigenvalue weighted by molar-refractivity contribution is 5.82. The molecule has 6 nitrogen and oxygen atoms in total. The molecule has 2 unspecified atom stereocenters. The highest BCUT2D eigenvalue weighted by Gasteiger charge is 2.23. The molecule has 0 heterocycles. The van der Waals surface area contributed by atoms with Crippen LogP contribution in [0.3, 0.4) is 0 Å². The normalized spacial score (nSPS) is 12.4. The van der Waals surface area contributed by atoms with Crippen molar-refractivity contribution in [3.8, 4) is 11.8 Å². The van der Waals surface area contributed by atoms with E-state index in [9.17, 15) is 9.59 Å². The second-order valence-corrected chi connectivity index (χ2v) is 6.15. The van der Waals surface area contributed by atoms with Crippen LogP contribution in [0.25, 0.3) is 0 Å². The summed E-state index contributed by atoms with van der Waals surface area (Å²) in [7, 11) is 1.31. The van der Waals surface area contributed by atoms with Gasteiger partial charge in [-0.3, -0.25) is 9.59 Å². The Labute approximate surface area is 158 Å². The van der Waals surface area contributed by atoms with Crippen molar-refractivity contribution in [1.29, 1.82) is 5.26 Å². The molecular weight excluding hydrogens is 344 g/mol. The molecule has 0 aliphatic heterocycles. The Bertz CT molecular complexity index is 840. The first-order valence-corrected chi connectivity index (χ1v) is 8.53. The van der Waals surface area contributed by atoms with E-state index in [1.54, 1.807) is 31.2 Å². The van der Waals surface area contributed by atoms with Crippen molar-refractivity contribution in [3.05, 3.63) is 65.2 Å². The summed E-state index contributed by atoms with van der Waals surface area (Å²) in [5, 5.41) is 11.8. The van der Waals surface area contributed by atoms with Gasteiger partial charge in [0.15, 0.2) is 6.10 Å². The Kier molecular flexibility index (Phi) is 6.95. The fourth-order valence-electron chi connectivity index (χ4n) is 2.49. The molecular formula is C21H22N2O4. The summed E-state index contributed by atoms with van der Waals surface area (Å²) < 4.78 is 10.4. The predicted molar refractivity (Wildman–Crippen MR) is 99.9 cm³/mol. The van der Waals surface area contributed by atoms with E-state index in [4.69, 9.17) is 14.7 Å². The first-order valence-electron chi connectivity index (χ1n) is 8.53. The maximum Gasteiger partial charge on any atom is 0.307 e. The number of hydrogen-bond donors (Lipinski definition) is 1. The van der Waals surface area contributed by atoms with E-state index >= 15 is 0 Å². The SMILES string of the molecule is COC(=O)CC(NC(=O)C(C)Oc1cccc(C#N)c1)c1ccc(C)cc1. The number of carbonyl (C=O) groups is 2. The van der Waals surface area contributed by atoms with E-state index in [0.29, 0.717) is 11.3 Å². The van der Waals surface area contributed by atoms with Gasteiger partial charge in [0, 0.05) is 0 Å². The molecule has 0 fully saturated rings. The van der Waals surface area contributed by atoms with Crippen LogP contribution in [0.2, 0.25) is 0 Å². The number of methoxy groups -OCH3 is 1. The standard InChI is InChI=1S/C21H22N2O4/c1-14-7-9-17(10-8-14)19(12-20(24)26-3)23-21(25)15(2)27-18-6-4-5-16(11-18)13-22/h4-11,15,19H,12H2,1-3H3,(H,23,25). The molecule has 27 heavy (non-hydrogen) atoms. The van der Waals surface area contributed by atoms with E-state index in [2.05, 4.69) is 5.32 Å². The van der Waals surface area contributed by atoms with Gasteiger partial charge in [0.1, 0.15) is 5.75 Å². The van der Waals surface area contributed by atoms with Gasteiger partial charge in [-0.2, -0.15) is 5.26 Å². The van der Waals surface area contributed by atoms with E-state index in [-0.39, 0.29) is 12.3 Å². The average Bonchev–Trinajstić information content (AvgIpc) is 2.67. The van der Waals surface area contributed by atoms with Gasteiger partial charge in [-0.15, -0.1) is 0 Å². The highest BCUT2D eigenvalue weighted by atomic mass is 16.5. The zero-order valence-corrected chi connectivity index (χ0v) is 15.6. The number of aryl methyl sites for hydroxylation is 1. The highest BCUT2D eigenvalue weighted by Crippen LogP contribution is 2.19. The van der Waals surface area contributed by atoms with Gasteiger partial charge in [-0.25, -0.2) is 0 Å². The summed E-state index contributed by atoms with van der Waals surface area (Å²) in [6.45, 7) is 3.57. The Morgan fingerprint density at radius 1 is 1.19 bits per heavy atom.